The molecule has 0 saturated heterocycles. The number of carbonyl (C=O) groups is 1. The molecule has 0 bridgehead atoms. The maximum absolute atomic E-state index is 11.8. The summed E-state index contributed by atoms with van der Waals surface area (Å²) in [6, 6.07) is 15.5. The molecule has 3 rings (SSSR count). The van der Waals surface area contributed by atoms with Gasteiger partial charge in [-0.1, -0.05) is 48.2 Å². The third-order valence-electron chi connectivity index (χ3n) is 4.18. The minimum absolute atomic E-state index is 0.0375. The molecule has 1 aromatic heterocycles. The van der Waals surface area contributed by atoms with Crippen LogP contribution in [0, 0.1) is 0 Å². The maximum atomic E-state index is 11.8. The fraction of sp³-hybridized carbons (Fsp3) is 0.227. The van der Waals surface area contributed by atoms with E-state index >= 15 is 0 Å². The number of aromatic nitrogens is 3. The van der Waals surface area contributed by atoms with Crippen LogP contribution >= 0.6 is 11.8 Å². The molecule has 3 aromatic rings. The molecule has 6 heteroatoms. The van der Waals surface area contributed by atoms with Crippen molar-refractivity contribution in [3.05, 3.63) is 72.3 Å². The first-order chi connectivity index (χ1) is 13.6. The summed E-state index contributed by atoms with van der Waals surface area (Å²) in [4.78, 5) is 11.8. The van der Waals surface area contributed by atoms with Gasteiger partial charge in [-0.15, -0.1) is 16.8 Å². The van der Waals surface area contributed by atoms with Gasteiger partial charge < -0.3 is 4.74 Å². The molecule has 0 radical (unpaired) electrons. The van der Waals surface area contributed by atoms with E-state index in [9.17, 15) is 4.79 Å². The summed E-state index contributed by atoms with van der Waals surface area (Å²) in [6.45, 7) is 8.56. The Morgan fingerprint density at radius 3 is 2.68 bits per heavy atom. The van der Waals surface area contributed by atoms with E-state index in [1.165, 1.54) is 0 Å². The molecule has 0 spiro atoms. The van der Waals surface area contributed by atoms with Crippen molar-refractivity contribution in [3.63, 3.8) is 0 Å². The van der Waals surface area contributed by atoms with Gasteiger partial charge in [0.1, 0.15) is 5.75 Å². The van der Waals surface area contributed by atoms with Crippen molar-refractivity contribution in [1.82, 2.24) is 14.8 Å². The fourth-order valence-corrected chi connectivity index (χ4v) is 3.77. The van der Waals surface area contributed by atoms with Crippen LogP contribution in [0.5, 0.6) is 5.75 Å². The van der Waals surface area contributed by atoms with Crippen molar-refractivity contribution in [2.45, 2.75) is 31.3 Å². The zero-order valence-corrected chi connectivity index (χ0v) is 16.9. The minimum Gasteiger partial charge on any atom is -0.494 e. The van der Waals surface area contributed by atoms with Crippen LogP contribution in [0.4, 0.5) is 0 Å². The van der Waals surface area contributed by atoms with Gasteiger partial charge in [0.15, 0.2) is 16.8 Å². The number of nitrogens with zero attached hydrogens (tertiary/aromatic N) is 3. The van der Waals surface area contributed by atoms with Crippen LogP contribution in [0.2, 0.25) is 0 Å². The van der Waals surface area contributed by atoms with Gasteiger partial charge in [-0.3, -0.25) is 9.36 Å². The summed E-state index contributed by atoms with van der Waals surface area (Å²) in [7, 11) is 0. The number of hydrogen-bond donors (Lipinski definition) is 0. The molecule has 0 aliphatic carbocycles. The normalized spacial score (nSPS) is 10.6. The monoisotopic (exact) mass is 393 g/mol. The number of carbonyl (C=O) groups excluding carboxylic acids is 1. The van der Waals surface area contributed by atoms with Gasteiger partial charge in [0, 0.05) is 29.0 Å². The molecule has 0 atom stereocenters. The molecule has 144 valence electrons. The van der Waals surface area contributed by atoms with E-state index in [2.05, 4.69) is 16.8 Å². The highest BCUT2D eigenvalue weighted by Gasteiger charge is 2.15. The predicted octanol–water partition coefficient (Wildman–Crippen LogP) is 5.02. The molecule has 0 fully saturated rings. The number of ketones is 1. The van der Waals surface area contributed by atoms with Gasteiger partial charge in [-0.05, 0) is 32.0 Å². The van der Waals surface area contributed by atoms with Crippen LogP contribution in [-0.4, -0.2) is 27.2 Å². The van der Waals surface area contributed by atoms with E-state index in [-0.39, 0.29) is 5.78 Å². The smallest absolute Gasteiger partial charge is 0.192 e. The molecule has 5 nitrogen and oxygen atoms in total. The molecule has 0 amide bonds. The van der Waals surface area contributed by atoms with E-state index in [1.54, 1.807) is 24.8 Å². The van der Waals surface area contributed by atoms with Crippen molar-refractivity contribution in [2.24, 2.45) is 0 Å². The maximum Gasteiger partial charge on any atom is 0.192 e. The second kappa shape index (κ2) is 9.37. The van der Waals surface area contributed by atoms with Gasteiger partial charge in [0.05, 0.1) is 6.61 Å². The van der Waals surface area contributed by atoms with Crippen molar-refractivity contribution >= 4 is 17.5 Å². The van der Waals surface area contributed by atoms with Crippen LogP contribution in [-0.2, 0) is 12.3 Å². The van der Waals surface area contributed by atoms with Gasteiger partial charge in [0.2, 0.25) is 0 Å². The molecule has 1 heterocycles. The number of thioether (sulfide) groups is 1. The van der Waals surface area contributed by atoms with E-state index in [0.29, 0.717) is 24.5 Å². The van der Waals surface area contributed by atoms with E-state index in [1.807, 2.05) is 60.0 Å². The average Bonchev–Trinajstić information content (AvgIpc) is 3.11. The lowest BCUT2D eigenvalue weighted by Gasteiger charge is -2.12. The van der Waals surface area contributed by atoms with Crippen LogP contribution in [0.3, 0.4) is 0 Å². The van der Waals surface area contributed by atoms with E-state index in [4.69, 9.17) is 4.74 Å². The number of ether oxygens (including phenoxy) is 1. The Kier molecular flexibility index (Phi) is 6.66. The van der Waals surface area contributed by atoms with Crippen molar-refractivity contribution in [1.29, 1.82) is 0 Å². The van der Waals surface area contributed by atoms with Crippen molar-refractivity contribution < 1.29 is 9.53 Å². The summed E-state index contributed by atoms with van der Waals surface area (Å²) in [5.41, 5.74) is 2.66. The Balaban J connectivity index is 1.88. The van der Waals surface area contributed by atoms with Crippen LogP contribution in [0.15, 0.2) is 66.3 Å². The second-order valence-electron chi connectivity index (χ2n) is 6.17. The SMILES string of the molecule is C=CCn1c(SCc2cc(C(C)=O)ccc2OCC)nnc1-c1ccccc1. The summed E-state index contributed by atoms with van der Waals surface area (Å²) < 4.78 is 7.77. The molecule has 28 heavy (non-hydrogen) atoms. The van der Waals surface area contributed by atoms with Crippen molar-refractivity contribution in [2.75, 3.05) is 6.61 Å². The van der Waals surface area contributed by atoms with Gasteiger partial charge >= 0.3 is 0 Å². The highest BCUT2D eigenvalue weighted by atomic mass is 32.2. The Labute approximate surface area is 169 Å². The predicted molar refractivity (Wildman–Crippen MR) is 113 cm³/mol. The third kappa shape index (κ3) is 4.51. The zero-order chi connectivity index (χ0) is 19.9. The van der Waals surface area contributed by atoms with E-state index in [0.717, 1.165) is 27.9 Å². The molecule has 0 unspecified atom stereocenters. The fourth-order valence-electron chi connectivity index (χ4n) is 2.84. The number of allylic oxidation sites excluding steroid dienone is 1. The first-order valence-corrected chi connectivity index (χ1v) is 10.1. The third-order valence-corrected chi connectivity index (χ3v) is 5.20. The molecule has 0 aliphatic rings. The second-order valence-corrected chi connectivity index (χ2v) is 7.11. The summed E-state index contributed by atoms with van der Waals surface area (Å²) >= 11 is 1.57. The number of Topliss-reactive ketones (excluding diaryl/α,β-unsaturated/α-hetero) is 1. The highest BCUT2D eigenvalue weighted by Crippen LogP contribution is 2.30. The molecule has 0 saturated carbocycles. The minimum atomic E-state index is 0.0375. The number of benzene rings is 2. The number of rotatable bonds is 9. The lowest BCUT2D eigenvalue weighted by Crippen LogP contribution is -2.02. The Hall–Kier alpha value is -2.86. The van der Waals surface area contributed by atoms with Crippen molar-refractivity contribution in [3.8, 4) is 17.1 Å². The first-order valence-electron chi connectivity index (χ1n) is 9.13. The van der Waals surface area contributed by atoms with Gasteiger partial charge in [-0.25, -0.2) is 0 Å². The van der Waals surface area contributed by atoms with Crippen LogP contribution < -0.4 is 4.74 Å². The Morgan fingerprint density at radius 2 is 2.00 bits per heavy atom. The Morgan fingerprint density at radius 1 is 1.21 bits per heavy atom. The zero-order valence-electron chi connectivity index (χ0n) is 16.1. The highest BCUT2D eigenvalue weighted by molar-refractivity contribution is 7.98. The first kappa shape index (κ1) is 19.9. The number of hydrogen-bond acceptors (Lipinski definition) is 5. The lowest BCUT2D eigenvalue weighted by atomic mass is 10.1. The Bertz CT molecular complexity index is 967. The quantitative estimate of drug-likeness (QED) is 0.290. The van der Waals surface area contributed by atoms with Gasteiger partial charge in [0.25, 0.3) is 0 Å². The standard InChI is InChI=1S/C22H23N3O2S/c1-4-13-25-21(17-9-7-6-8-10-17)23-24-22(25)28-15-19-14-18(16(3)26)11-12-20(19)27-5-2/h4,6-12,14H,1,5,13,15H2,2-3H3. The average molecular weight is 394 g/mol. The van der Waals surface area contributed by atoms with E-state index < -0.39 is 0 Å². The lowest BCUT2D eigenvalue weighted by molar-refractivity contribution is 0.101. The molecular weight excluding hydrogens is 370 g/mol. The topological polar surface area (TPSA) is 57.0 Å². The largest absolute Gasteiger partial charge is 0.494 e. The summed E-state index contributed by atoms with van der Waals surface area (Å²) in [5, 5.41) is 9.56. The summed E-state index contributed by atoms with van der Waals surface area (Å²) in [5.74, 6) is 2.26. The molecule has 0 N–H and O–H groups in total. The molecule has 2 aromatic carbocycles. The van der Waals surface area contributed by atoms with Crippen LogP contribution in [0.25, 0.3) is 11.4 Å². The molecular formula is C22H23N3O2S. The summed E-state index contributed by atoms with van der Waals surface area (Å²) in [6.07, 6.45) is 1.84. The van der Waals surface area contributed by atoms with Gasteiger partial charge in [-0.2, -0.15) is 0 Å². The molecule has 0 aliphatic heterocycles. The van der Waals surface area contributed by atoms with Crippen LogP contribution in [0.1, 0.15) is 29.8 Å².